The first-order chi connectivity index (χ1) is 18.6. The number of rotatable bonds is 5. The number of aromatic amines is 1. The van der Waals surface area contributed by atoms with Crippen LogP contribution in [0.3, 0.4) is 0 Å². The lowest BCUT2D eigenvalue weighted by Crippen LogP contribution is -2.51. The number of guanidine groups is 1. The Morgan fingerprint density at radius 1 is 0.974 bits per heavy atom. The molecule has 7 rings (SSSR count). The Balaban J connectivity index is 1.30. The van der Waals surface area contributed by atoms with Crippen molar-refractivity contribution in [1.29, 1.82) is 0 Å². The van der Waals surface area contributed by atoms with E-state index in [1.54, 1.807) is 18.0 Å². The number of aliphatic imine (C=N–C) groups is 1. The average molecular weight is 506 g/mol. The molecular formula is C29H27N7O2. The van der Waals surface area contributed by atoms with Crippen molar-refractivity contribution in [2.24, 2.45) is 4.99 Å². The van der Waals surface area contributed by atoms with E-state index in [-0.39, 0.29) is 23.6 Å². The number of H-pyrrole nitrogens is 1. The molecule has 1 saturated carbocycles. The Kier molecular flexibility index (Phi) is 5.17. The third-order valence-corrected chi connectivity index (χ3v) is 7.66. The predicted molar refractivity (Wildman–Crippen MR) is 147 cm³/mol. The van der Waals surface area contributed by atoms with Gasteiger partial charge in [-0.15, -0.1) is 0 Å². The second-order valence-electron chi connectivity index (χ2n) is 10.1. The molecule has 1 amide bonds. The molecule has 0 spiro atoms. The molecule has 1 aliphatic carbocycles. The van der Waals surface area contributed by atoms with Crippen molar-refractivity contribution in [3.05, 3.63) is 94.3 Å². The van der Waals surface area contributed by atoms with Crippen LogP contribution in [0.25, 0.3) is 11.3 Å². The molecule has 190 valence electrons. The van der Waals surface area contributed by atoms with E-state index in [1.807, 2.05) is 65.3 Å². The number of hydrogen-bond donors (Lipinski definition) is 2. The number of carbonyl (C=O) groups excluding carboxylic acids is 1. The fraction of sp³-hybridized carbons (Fsp3) is 0.241. The highest BCUT2D eigenvalue weighted by molar-refractivity contribution is 6.21. The molecule has 2 aromatic carbocycles. The number of nitrogens with one attached hydrogen (secondary N) is 2. The first kappa shape index (κ1) is 22.5. The van der Waals surface area contributed by atoms with Gasteiger partial charge in [0.1, 0.15) is 11.4 Å². The number of pyridine rings is 1. The molecule has 4 aromatic rings. The van der Waals surface area contributed by atoms with Gasteiger partial charge in [-0.05, 0) is 48.6 Å². The molecule has 2 aliphatic heterocycles. The number of anilines is 3. The van der Waals surface area contributed by atoms with E-state index in [9.17, 15) is 9.59 Å². The van der Waals surface area contributed by atoms with Gasteiger partial charge in [0, 0.05) is 24.5 Å². The van der Waals surface area contributed by atoms with Crippen molar-refractivity contribution < 1.29 is 4.79 Å². The second kappa shape index (κ2) is 8.72. The molecule has 1 fully saturated rings. The smallest absolute Gasteiger partial charge is 0.267 e. The van der Waals surface area contributed by atoms with Crippen molar-refractivity contribution in [2.75, 3.05) is 17.3 Å². The van der Waals surface area contributed by atoms with Crippen LogP contribution in [-0.2, 0) is 6.54 Å². The maximum atomic E-state index is 13.7. The van der Waals surface area contributed by atoms with Gasteiger partial charge in [-0.2, -0.15) is 5.10 Å². The van der Waals surface area contributed by atoms with E-state index in [1.165, 1.54) is 6.07 Å². The fourth-order valence-corrected chi connectivity index (χ4v) is 5.78. The molecule has 2 aromatic heterocycles. The Morgan fingerprint density at radius 3 is 2.58 bits per heavy atom. The molecule has 3 aliphatic rings. The van der Waals surface area contributed by atoms with Crippen molar-refractivity contribution in [1.82, 2.24) is 19.7 Å². The molecule has 9 nitrogen and oxygen atoms in total. The number of fused-ring (bicyclic) bond motifs is 5. The largest absolute Gasteiger partial charge is 0.340 e. The third-order valence-electron chi connectivity index (χ3n) is 7.66. The van der Waals surface area contributed by atoms with Gasteiger partial charge in [-0.25, -0.2) is 9.67 Å². The zero-order chi connectivity index (χ0) is 25.8. The van der Waals surface area contributed by atoms with E-state index in [4.69, 9.17) is 10.1 Å². The minimum absolute atomic E-state index is 0.108. The highest BCUT2D eigenvalue weighted by atomic mass is 16.2. The monoisotopic (exact) mass is 505 g/mol. The Morgan fingerprint density at radius 2 is 1.79 bits per heavy atom. The summed E-state index contributed by atoms with van der Waals surface area (Å²) in [5.74, 6) is 1.94. The SMILES string of the molecule is CN1C(=O)c2c(nn(Cc3ccc(-c4cccc(=O)[nH]4)cc3)c2Nc2ccccc2)N2C1=N[C@@H]1CCC[C@@H]12. The quantitative estimate of drug-likeness (QED) is 0.423. The maximum Gasteiger partial charge on any atom is 0.267 e. The van der Waals surface area contributed by atoms with Gasteiger partial charge in [0.15, 0.2) is 5.82 Å². The van der Waals surface area contributed by atoms with Crippen LogP contribution in [-0.4, -0.2) is 50.7 Å². The normalized spacial score (nSPS) is 19.7. The average Bonchev–Trinajstić information content (AvgIpc) is 3.62. The molecule has 0 bridgehead atoms. The summed E-state index contributed by atoms with van der Waals surface area (Å²) >= 11 is 0. The zero-order valence-electron chi connectivity index (χ0n) is 21.0. The molecule has 0 unspecified atom stereocenters. The van der Waals surface area contributed by atoms with Gasteiger partial charge in [0.05, 0.1) is 18.6 Å². The topological polar surface area (TPSA) is 98.6 Å². The van der Waals surface area contributed by atoms with Crippen LogP contribution >= 0.6 is 0 Å². The maximum absolute atomic E-state index is 13.7. The van der Waals surface area contributed by atoms with Crippen LogP contribution in [0.2, 0.25) is 0 Å². The van der Waals surface area contributed by atoms with Crippen molar-refractivity contribution >= 4 is 29.2 Å². The summed E-state index contributed by atoms with van der Waals surface area (Å²) in [7, 11) is 1.80. The number of hydrogen-bond acceptors (Lipinski definition) is 6. The van der Waals surface area contributed by atoms with Crippen molar-refractivity contribution in [3.63, 3.8) is 0 Å². The van der Waals surface area contributed by atoms with Crippen LogP contribution in [0, 0.1) is 0 Å². The number of para-hydroxylation sites is 1. The second-order valence-corrected chi connectivity index (χ2v) is 10.1. The van der Waals surface area contributed by atoms with Crippen LogP contribution in [0.15, 0.2) is 82.6 Å². The Labute approximate surface area is 219 Å². The summed E-state index contributed by atoms with van der Waals surface area (Å²) in [5.41, 5.74) is 4.05. The summed E-state index contributed by atoms with van der Waals surface area (Å²) in [4.78, 5) is 37.0. The standard InChI is InChI=1S/C29H27N7O2/c1-34-28(38)25-26(30-20-7-3-2-4-8-20)35(33-27(25)36-23-11-5-10-22(23)32-29(34)36)17-18-13-15-19(16-14-18)21-9-6-12-24(37)31-21/h2-4,6-9,12-16,22-23,30H,5,10-11,17H2,1H3,(H,31,37)/t22-,23+/m1/s1. The number of benzene rings is 2. The first-order valence-electron chi connectivity index (χ1n) is 12.9. The van der Waals surface area contributed by atoms with Gasteiger partial charge in [0.2, 0.25) is 11.5 Å². The van der Waals surface area contributed by atoms with Gasteiger partial charge in [-0.3, -0.25) is 19.4 Å². The number of amides is 1. The molecule has 4 heterocycles. The highest BCUT2D eigenvalue weighted by Crippen LogP contribution is 2.43. The van der Waals surface area contributed by atoms with E-state index >= 15 is 0 Å². The number of aromatic nitrogens is 3. The summed E-state index contributed by atoms with van der Waals surface area (Å²) in [6, 6.07) is 23.4. The summed E-state index contributed by atoms with van der Waals surface area (Å²) < 4.78 is 1.88. The lowest BCUT2D eigenvalue weighted by atomic mass is 10.1. The fourth-order valence-electron chi connectivity index (χ4n) is 5.78. The van der Waals surface area contributed by atoms with E-state index in [0.717, 1.165) is 41.8 Å². The summed E-state index contributed by atoms with van der Waals surface area (Å²) in [6.07, 6.45) is 3.21. The van der Waals surface area contributed by atoms with Crippen LogP contribution < -0.4 is 15.8 Å². The molecule has 0 saturated heterocycles. The molecule has 2 N–H and O–H groups in total. The molecule has 0 radical (unpaired) electrons. The minimum Gasteiger partial charge on any atom is -0.340 e. The molecule has 9 heteroatoms. The molecule has 2 atom stereocenters. The Hall–Kier alpha value is -4.66. The van der Waals surface area contributed by atoms with Crippen molar-refractivity contribution in [3.8, 4) is 11.3 Å². The molecular weight excluding hydrogens is 478 g/mol. The van der Waals surface area contributed by atoms with Crippen LogP contribution in [0.5, 0.6) is 0 Å². The molecule has 38 heavy (non-hydrogen) atoms. The van der Waals surface area contributed by atoms with E-state index in [0.29, 0.717) is 29.7 Å². The highest BCUT2D eigenvalue weighted by Gasteiger charge is 2.49. The van der Waals surface area contributed by atoms with Gasteiger partial charge >= 0.3 is 0 Å². The minimum atomic E-state index is -0.130. The predicted octanol–water partition coefficient (Wildman–Crippen LogP) is 4.21. The van der Waals surface area contributed by atoms with Crippen LogP contribution in [0.4, 0.5) is 17.3 Å². The summed E-state index contributed by atoms with van der Waals surface area (Å²) in [6.45, 7) is 0.471. The lowest BCUT2D eigenvalue weighted by molar-refractivity contribution is 0.0866. The lowest BCUT2D eigenvalue weighted by Gasteiger charge is -2.34. The first-order valence-corrected chi connectivity index (χ1v) is 12.9. The van der Waals surface area contributed by atoms with E-state index < -0.39 is 0 Å². The van der Waals surface area contributed by atoms with Crippen molar-refractivity contribution in [2.45, 2.75) is 37.9 Å². The van der Waals surface area contributed by atoms with Gasteiger partial charge in [-0.1, -0.05) is 48.5 Å². The van der Waals surface area contributed by atoms with Crippen LogP contribution in [0.1, 0.15) is 35.2 Å². The number of carbonyl (C=O) groups is 1. The summed E-state index contributed by atoms with van der Waals surface area (Å²) in [5, 5.41) is 8.51. The number of nitrogens with zero attached hydrogens (tertiary/aromatic N) is 5. The Bertz CT molecular complexity index is 1620. The zero-order valence-corrected chi connectivity index (χ0v) is 21.0. The van der Waals surface area contributed by atoms with Gasteiger partial charge < -0.3 is 10.3 Å². The third kappa shape index (κ3) is 3.61. The van der Waals surface area contributed by atoms with E-state index in [2.05, 4.69) is 15.2 Å². The van der Waals surface area contributed by atoms with Gasteiger partial charge in [0.25, 0.3) is 5.91 Å².